The van der Waals surface area contributed by atoms with Gasteiger partial charge in [-0.15, -0.1) is 5.10 Å². The molecule has 3 rings (SSSR count). The number of rotatable bonds is 5. The topological polar surface area (TPSA) is 140 Å². The van der Waals surface area contributed by atoms with Crippen molar-refractivity contribution in [2.24, 2.45) is 5.92 Å². The molecule has 0 spiro atoms. The van der Waals surface area contributed by atoms with E-state index in [4.69, 9.17) is 0 Å². The minimum atomic E-state index is -0.931. The summed E-state index contributed by atoms with van der Waals surface area (Å²) in [7, 11) is 0. The molecule has 1 saturated carbocycles. The molecule has 1 amide bonds. The molecule has 0 radical (unpaired) electrons. The molecule has 2 N–H and O–H groups in total. The van der Waals surface area contributed by atoms with Crippen LogP contribution in [0.4, 0.5) is 5.69 Å². The van der Waals surface area contributed by atoms with Crippen LogP contribution in [-0.2, 0) is 4.79 Å². The van der Waals surface area contributed by atoms with Gasteiger partial charge in [0.1, 0.15) is 0 Å². The van der Waals surface area contributed by atoms with Crippen LogP contribution in [-0.4, -0.2) is 42.4 Å². The van der Waals surface area contributed by atoms with E-state index < -0.39 is 28.3 Å². The smallest absolute Gasteiger partial charge is 0.308 e. The highest BCUT2D eigenvalue weighted by molar-refractivity contribution is 5.94. The zero-order valence-electron chi connectivity index (χ0n) is 15.6. The first-order valence-electron chi connectivity index (χ1n) is 8.95. The van der Waals surface area contributed by atoms with Crippen molar-refractivity contribution >= 4 is 17.6 Å². The van der Waals surface area contributed by atoms with Gasteiger partial charge in [0, 0.05) is 12.1 Å². The van der Waals surface area contributed by atoms with Gasteiger partial charge in [0.25, 0.3) is 11.6 Å². The van der Waals surface area contributed by atoms with E-state index in [0.29, 0.717) is 24.2 Å². The number of nitrogens with zero attached hydrogens (tertiary/aromatic N) is 4. The van der Waals surface area contributed by atoms with Crippen LogP contribution in [0.5, 0.6) is 0 Å². The van der Waals surface area contributed by atoms with Gasteiger partial charge in [0.2, 0.25) is 0 Å². The number of aromatic nitrogens is 3. The van der Waals surface area contributed by atoms with Crippen LogP contribution in [0.3, 0.4) is 0 Å². The van der Waals surface area contributed by atoms with Crippen molar-refractivity contribution in [2.75, 3.05) is 0 Å². The first kappa shape index (κ1) is 19.5. The monoisotopic (exact) mass is 387 g/mol. The zero-order valence-corrected chi connectivity index (χ0v) is 15.6. The van der Waals surface area contributed by atoms with E-state index in [-0.39, 0.29) is 11.4 Å². The van der Waals surface area contributed by atoms with Gasteiger partial charge in [0.15, 0.2) is 5.69 Å². The number of nitrogens with one attached hydrogen (secondary N) is 1. The third-order valence-electron chi connectivity index (χ3n) is 5.30. The number of non-ortho nitro benzene ring substituents is 1. The Morgan fingerprint density at radius 1 is 1.39 bits per heavy atom. The van der Waals surface area contributed by atoms with Crippen molar-refractivity contribution in [3.8, 4) is 5.69 Å². The lowest BCUT2D eigenvalue weighted by molar-refractivity contribution is -0.384. The van der Waals surface area contributed by atoms with Gasteiger partial charge in [-0.05, 0) is 32.8 Å². The van der Waals surface area contributed by atoms with E-state index in [9.17, 15) is 24.8 Å². The molecule has 1 aliphatic rings. The molecule has 0 bridgehead atoms. The third kappa shape index (κ3) is 3.57. The highest BCUT2D eigenvalue weighted by atomic mass is 16.6. The number of amides is 1. The fourth-order valence-corrected chi connectivity index (χ4v) is 3.72. The second-order valence-corrected chi connectivity index (χ2v) is 7.22. The van der Waals surface area contributed by atoms with Crippen LogP contribution >= 0.6 is 0 Å². The summed E-state index contributed by atoms with van der Waals surface area (Å²) in [5.41, 5.74) is -0.0992. The number of carboxylic acid groups (broad SMARTS) is 1. The number of nitro groups is 1. The Balaban J connectivity index is 1.87. The minimum Gasteiger partial charge on any atom is -0.481 e. The summed E-state index contributed by atoms with van der Waals surface area (Å²) in [6.45, 7) is 3.37. The number of carbonyl (C=O) groups is 2. The van der Waals surface area contributed by atoms with Crippen LogP contribution in [0.2, 0.25) is 0 Å². The molecule has 0 saturated heterocycles. The Morgan fingerprint density at radius 2 is 2.14 bits per heavy atom. The van der Waals surface area contributed by atoms with Crippen LogP contribution in [0.25, 0.3) is 5.69 Å². The van der Waals surface area contributed by atoms with Crippen molar-refractivity contribution in [2.45, 2.75) is 45.1 Å². The third-order valence-corrected chi connectivity index (χ3v) is 5.30. The standard InChI is InChI=1S/C18H21N5O5/c1-11-15(16(24)19-18(2)9-4-3-8-14(18)17(25)26)20-21-22(11)12-6-5-7-13(10-12)23(27)28/h5-7,10,14H,3-4,8-9H2,1-2H3,(H,19,24)(H,25,26). The van der Waals surface area contributed by atoms with E-state index >= 15 is 0 Å². The number of aliphatic carboxylic acids is 1. The molecule has 148 valence electrons. The number of carboxylic acids is 1. The highest BCUT2D eigenvalue weighted by Crippen LogP contribution is 2.34. The van der Waals surface area contributed by atoms with Crippen molar-refractivity contribution in [3.05, 3.63) is 45.8 Å². The van der Waals surface area contributed by atoms with Gasteiger partial charge in [-0.1, -0.05) is 24.1 Å². The Bertz CT molecular complexity index is 940. The zero-order chi connectivity index (χ0) is 20.5. The largest absolute Gasteiger partial charge is 0.481 e. The maximum absolute atomic E-state index is 12.8. The number of hydrogen-bond donors (Lipinski definition) is 2. The van der Waals surface area contributed by atoms with Gasteiger partial charge >= 0.3 is 5.97 Å². The second kappa shape index (κ2) is 7.37. The molecule has 0 aliphatic heterocycles. The fraction of sp³-hybridized carbons (Fsp3) is 0.444. The summed E-state index contributed by atoms with van der Waals surface area (Å²) < 4.78 is 1.35. The van der Waals surface area contributed by atoms with Crippen molar-refractivity contribution in [1.29, 1.82) is 0 Å². The van der Waals surface area contributed by atoms with Gasteiger partial charge < -0.3 is 10.4 Å². The summed E-state index contributed by atoms with van der Waals surface area (Å²) in [5, 5.41) is 31.2. The first-order chi connectivity index (χ1) is 13.2. The van der Waals surface area contributed by atoms with E-state index in [2.05, 4.69) is 15.6 Å². The minimum absolute atomic E-state index is 0.0578. The molecule has 1 aromatic carbocycles. The average molecular weight is 387 g/mol. The lowest BCUT2D eigenvalue weighted by atomic mass is 9.74. The number of hydrogen-bond acceptors (Lipinski definition) is 6. The van der Waals surface area contributed by atoms with Crippen molar-refractivity contribution < 1.29 is 19.6 Å². The number of carbonyl (C=O) groups excluding carboxylic acids is 1. The molecule has 1 aliphatic carbocycles. The molecule has 2 unspecified atom stereocenters. The maximum atomic E-state index is 12.8. The fourth-order valence-electron chi connectivity index (χ4n) is 3.72. The van der Waals surface area contributed by atoms with Gasteiger partial charge in [0.05, 0.1) is 27.8 Å². The van der Waals surface area contributed by atoms with Crippen molar-refractivity contribution in [3.63, 3.8) is 0 Å². The molecule has 1 heterocycles. The predicted octanol–water partition coefficient (Wildman–Crippen LogP) is 2.25. The normalized spacial score (nSPS) is 21.9. The van der Waals surface area contributed by atoms with Crippen LogP contribution in [0, 0.1) is 23.0 Å². The Morgan fingerprint density at radius 3 is 2.82 bits per heavy atom. The van der Waals surface area contributed by atoms with E-state index in [1.165, 1.54) is 22.9 Å². The molecular weight excluding hydrogens is 366 g/mol. The summed E-state index contributed by atoms with van der Waals surface area (Å²) in [6, 6.07) is 5.85. The van der Waals surface area contributed by atoms with Gasteiger partial charge in [-0.25, -0.2) is 4.68 Å². The molecule has 10 heteroatoms. The van der Waals surface area contributed by atoms with Gasteiger partial charge in [-0.2, -0.15) is 0 Å². The molecule has 1 aromatic heterocycles. The maximum Gasteiger partial charge on any atom is 0.308 e. The van der Waals surface area contributed by atoms with E-state index in [0.717, 1.165) is 12.8 Å². The number of benzene rings is 1. The SMILES string of the molecule is Cc1c(C(=O)NC2(C)CCCCC2C(=O)O)nnn1-c1cccc([N+](=O)[O-])c1. The average Bonchev–Trinajstić information content (AvgIpc) is 3.03. The van der Waals surface area contributed by atoms with Gasteiger partial charge in [-0.3, -0.25) is 19.7 Å². The highest BCUT2D eigenvalue weighted by Gasteiger charge is 2.42. The van der Waals surface area contributed by atoms with Crippen molar-refractivity contribution in [1.82, 2.24) is 20.3 Å². The molecular formula is C18H21N5O5. The molecule has 2 aromatic rings. The number of nitro benzene ring substituents is 1. The van der Waals surface area contributed by atoms with Crippen LogP contribution in [0.15, 0.2) is 24.3 Å². The quantitative estimate of drug-likeness (QED) is 0.592. The molecule has 2 atom stereocenters. The lowest BCUT2D eigenvalue weighted by Gasteiger charge is -2.39. The summed E-state index contributed by atoms with van der Waals surface area (Å²) in [4.78, 5) is 34.9. The van der Waals surface area contributed by atoms with E-state index in [1.54, 1.807) is 19.9 Å². The first-order valence-corrected chi connectivity index (χ1v) is 8.95. The summed E-state index contributed by atoms with van der Waals surface area (Å²) >= 11 is 0. The molecule has 28 heavy (non-hydrogen) atoms. The lowest BCUT2D eigenvalue weighted by Crippen LogP contribution is -2.55. The Kier molecular flexibility index (Phi) is 5.12. The Hall–Kier alpha value is -3.30. The van der Waals surface area contributed by atoms with Crippen LogP contribution < -0.4 is 5.32 Å². The molecule has 1 fully saturated rings. The van der Waals surface area contributed by atoms with E-state index in [1.807, 2.05) is 0 Å². The predicted molar refractivity (Wildman–Crippen MR) is 98.2 cm³/mol. The molecule has 10 nitrogen and oxygen atoms in total. The second-order valence-electron chi connectivity index (χ2n) is 7.22. The van der Waals surface area contributed by atoms with Crippen LogP contribution in [0.1, 0.15) is 48.8 Å². The Labute approximate surface area is 160 Å². The summed E-state index contributed by atoms with van der Waals surface area (Å²) in [6.07, 6.45) is 2.71. The summed E-state index contributed by atoms with van der Waals surface area (Å²) in [5.74, 6) is -2.11.